The van der Waals surface area contributed by atoms with Gasteiger partial charge in [-0.15, -0.1) is 0 Å². The largest absolute Gasteiger partial charge is 0.468 e. The SMILES string of the molecule is OBc1cc2cc(Sc3ccccc3)ccc2o1. The van der Waals surface area contributed by atoms with Crippen molar-refractivity contribution in [3.8, 4) is 0 Å². The molecule has 1 aromatic heterocycles. The molecule has 0 bridgehead atoms. The average molecular weight is 254 g/mol. The van der Waals surface area contributed by atoms with Crippen molar-refractivity contribution in [2.24, 2.45) is 0 Å². The van der Waals surface area contributed by atoms with Crippen LogP contribution in [0.15, 0.2) is 68.8 Å². The molecule has 0 atom stereocenters. The standard InChI is InChI=1S/C14H11BO2S/c16-15-14-9-10-8-12(6-7-13(10)17-14)18-11-4-2-1-3-5-11/h1-9,15-16H. The number of furan rings is 1. The van der Waals surface area contributed by atoms with Crippen LogP contribution in [-0.4, -0.2) is 12.5 Å². The molecule has 88 valence electrons. The van der Waals surface area contributed by atoms with Crippen molar-refractivity contribution in [2.45, 2.75) is 9.79 Å². The third-order valence-electron chi connectivity index (χ3n) is 2.67. The Morgan fingerprint density at radius 2 is 1.78 bits per heavy atom. The summed E-state index contributed by atoms with van der Waals surface area (Å²) in [6.45, 7) is 0. The second kappa shape index (κ2) is 4.92. The Hall–Kier alpha value is -1.65. The van der Waals surface area contributed by atoms with E-state index in [2.05, 4.69) is 18.2 Å². The molecule has 0 fully saturated rings. The van der Waals surface area contributed by atoms with Gasteiger partial charge < -0.3 is 9.44 Å². The van der Waals surface area contributed by atoms with E-state index in [1.54, 1.807) is 11.8 Å². The summed E-state index contributed by atoms with van der Waals surface area (Å²) in [7, 11) is -0.0597. The zero-order valence-electron chi connectivity index (χ0n) is 9.67. The van der Waals surface area contributed by atoms with E-state index in [1.807, 2.05) is 36.4 Å². The fourth-order valence-electron chi connectivity index (χ4n) is 1.84. The third kappa shape index (κ3) is 2.30. The summed E-state index contributed by atoms with van der Waals surface area (Å²) in [5.41, 5.74) is 1.42. The molecule has 3 aromatic rings. The highest BCUT2D eigenvalue weighted by Gasteiger charge is 2.05. The zero-order chi connectivity index (χ0) is 12.4. The smallest absolute Gasteiger partial charge is 0.347 e. The van der Waals surface area contributed by atoms with Gasteiger partial charge in [0, 0.05) is 15.2 Å². The van der Waals surface area contributed by atoms with E-state index in [1.165, 1.54) is 9.79 Å². The second-order valence-electron chi connectivity index (χ2n) is 3.99. The van der Waals surface area contributed by atoms with E-state index in [0.29, 0.717) is 5.66 Å². The number of fused-ring (bicyclic) bond motifs is 1. The summed E-state index contributed by atoms with van der Waals surface area (Å²) < 4.78 is 5.46. The average Bonchev–Trinajstić information content (AvgIpc) is 2.82. The molecule has 1 N–H and O–H groups in total. The highest BCUT2D eigenvalue weighted by atomic mass is 32.2. The van der Waals surface area contributed by atoms with E-state index < -0.39 is 0 Å². The first kappa shape index (κ1) is 11.4. The second-order valence-corrected chi connectivity index (χ2v) is 5.13. The maximum absolute atomic E-state index is 9.04. The first-order valence-corrected chi connectivity index (χ1v) is 6.53. The van der Waals surface area contributed by atoms with E-state index in [0.717, 1.165) is 11.0 Å². The minimum Gasteiger partial charge on any atom is -0.468 e. The highest BCUT2D eigenvalue weighted by molar-refractivity contribution is 7.99. The lowest BCUT2D eigenvalue weighted by Gasteiger charge is -2.00. The predicted molar refractivity (Wildman–Crippen MR) is 75.8 cm³/mol. The maximum atomic E-state index is 9.04. The highest BCUT2D eigenvalue weighted by Crippen LogP contribution is 2.29. The summed E-state index contributed by atoms with van der Waals surface area (Å²) in [6, 6.07) is 18.2. The van der Waals surface area contributed by atoms with Gasteiger partial charge in [0.1, 0.15) is 5.58 Å². The molecule has 0 saturated carbocycles. The molecule has 0 unspecified atom stereocenters. The third-order valence-corrected chi connectivity index (χ3v) is 3.67. The zero-order valence-corrected chi connectivity index (χ0v) is 10.5. The molecule has 3 rings (SSSR count). The fraction of sp³-hybridized carbons (Fsp3) is 0. The van der Waals surface area contributed by atoms with E-state index in [9.17, 15) is 0 Å². The lowest BCUT2D eigenvalue weighted by molar-refractivity contribution is 0.584. The molecule has 0 saturated heterocycles. The molecule has 1 heterocycles. The van der Waals surface area contributed by atoms with Crippen molar-refractivity contribution in [1.82, 2.24) is 0 Å². The van der Waals surface area contributed by atoms with Gasteiger partial charge in [-0.25, -0.2) is 0 Å². The van der Waals surface area contributed by atoms with Crippen molar-refractivity contribution in [3.63, 3.8) is 0 Å². The summed E-state index contributed by atoms with van der Waals surface area (Å²) >= 11 is 1.72. The van der Waals surface area contributed by atoms with Crippen molar-refractivity contribution < 1.29 is 9.44 Å². The molecule has 2 nitrogen and oxygen atoms in total. The van der Waals surface area contributed by atoms with Crippen LogP contribution in [0.5, 0.6) is 0 Å². The Balaban J connectivity index is 1.93. The Morgan fingerprint density at radius 3 is 2.56 bits per heavy atom. The summed E-state index contributed by atoms with van der Waals surface area (Å²) in [6.07, 6.45) is 0. The Kier molecular flexibility index (Phi) is 3.13. The summed E-state index contributed by atoms with van der Waals surface area (Å²) in [4.78, 5) is 2.38. The molecule has 0 radical (unpaired) electrons. The van der Waals surface area contributed by atoms with Crippen molar-refractivity contribution in [2.75, 3.05) is 0 Å². The van der Waals surface area contributed by atoms with Crippen LogP contribution in [0.25, 0.3) is 11.0 Å². The van der Waals surface area contributed by atoms with Gasteiger partial charge in [0.05, 0.1) is 5.66 Å². The van der Waals surface area contributed by atoms with Gasteiger partial charge >= 0.3 is 7.48 Å². The van der Waals surface area contributed by atoms with E-state index in [-0.39, 0.29) is 7.48 Å². The molecular weight excluding hydrogens is 243 g/mol. The number of rotatable bonds is 3. The minimum atomic E-state index is -0.0597. The van der Waals surface area contributed by atoms with Gasteiger partial charge in [-0.2, -0.15) is 0 Å². The molecular formula is C14H11BO2S. The molecule has 4 heteroatoms. The van der Waals surface area contributed by atoms with E-state index in [4.69, 9.17) is 9.44 Å². The summed E-state index contributed by atoms with van der Waals surface area (Å²) in [5.74, 6) is 0. The first-order valence-electron chi connectivity index (χ1n) is 5.71. The fourth-order valence-corrected chi connectivity index (χ4v) is 2.73. The topological polar surface area (TPSA) is 33.4 Å². The van der Waals surface area contributed by atoms with Gasteiger partial charge in [0.15, 0.2) is 0 Å². The predicted octanol–water partition coefficient (Wildman–Crippen LogP) is 2.55. The van der Waals surface area contributed by atoms with Gasteiger partial charge in [-0.1, -0.05) is 30.0 Å². The Labute approximate surface area is 110 Å². The van der Waals surface area contributed by atoms with Crippen LogP contribution in [0, 0.1) is 0 Å². The van der Waals surface area contributed by atoms with Crippen LogP contribution in [-0.2, 0) is 0 Å². The van der Waals surface area contributed by atoms with Crippen molar-refractivity contribution in [1.29, 1.82) is 0 Å². The van der Waals surface area contributed by atoms with Gasteiger partial charge in [-0.05, 0) is 36.4 Å². The molecule has 2 aromatic carbocycles. The minimum absolute atomic E-state index is 0.0597. The van der Waals surface area contributed by atoms with Gasteiger partial charge in [0.25, 0.3) is 0 Å². The Morgan fingerprint density at radius 1 is 0.944 bits per heavy atom. The quantitative estimate of drug-likeness (QED) is 0.729. The molecule has 18 heavy (non-hydrogen) atoms. The van der Waals surface area contributed by atoms with Gasteiger partial charge in [0.2, 0.25) is 0 Å². The van der Waals surface area contributed by atoms with Crippen LogP contribution in [0.2, 0.25) is 0 Å². The molecule has 0 amide bonds. The molecule has 0 aliphatic heterocycles. The maximum Gasteiger partial charge on any atom is 0.347 e. The lowest BCUT2D eigenvalue weighted by Crippen LogP contribution is -2.08. The van der Waals surface area contributed by atoms with Crippen LogP contribution in [0.1, 0.15) is 0 Å². The monoisotopic (exact) mass is 254 g/mol. The summed E-state index contributed by atoms with van der Waals surface area (Å²) in [5, 5.41) is 10.1. The Bertz CT molecular complexity index is 664. The van der Waals surface area contributed by atoms with Crippen molar-refractivity contribution >= 4 is 35.9 Å². The molecule has 0 aliphatic carbocycles. The van der Waals surface area contributed by atoms with Crippen molar-refractivity contribution in [3.05, 3.63) is 54.6 Å². The number of benzene rings is 2. The van der Waals surface area contributed by atoms with Gasteiger partial charge in [-0.3, -0.25) is 0 Å². The first-order chi connectivity index (χ1) is 8.85. The number of hydrogen-bond acceptors (Lipinski definition) is 3. The van der Waals surface area contributed by atoms with E-state index >= 15 is 0 Å². The van der Waals surface area contributed by atoms with Crippen LogP contribution >= 0.6 is 11.8 Å². The van der Waals surface area contributed by atoms with Crippen LogP contribution in [0.3, 0.4) is 0 Å². The lowest BCUT2D eigenvalue weighted by atomic mass is 9.98. The van der Waals surface area contributed by atoms with Crippen LogP contribution < -0.4 is 5.66 Å². The van der Waals surface area contributed by atoms with Crippen LogP contribution in [0.4, 0.5) is 0 Å². The number of hydrogen-bond donors (Lipinski definition) is 1. The normalized spacial score (nSPS) is 10.7. The molecule has 0 spiro atoms. The molecule has 0 aliphatic rings.